The largest absolute Gasteiger partial charge is 0.378 e. The van der Waals surface area contributed by atoms with E-state index in [0.29, 0.717) is 17.1 Å². The Labute approximate surface area is 128 Å². The van der Waals surface area contributed by atoms with Gasteiger partial charge < -0.3 is 10.3 Å². The second kappa shape index (κ2) is 5.38. The van der Waals surface area contributed by atoms with Crippen molar-refractivity contribution in [1.82, 2.24) is 9.97 Å². The number of aryl methyl sites for hydroxylation is 1. The first-order valence-electron chi connectivity index (χ1n) is 6.10. The van der Waals surface area contributed by atoms with Crippen LogP contribution in [0, 0.1) is 6.92 Å². The summed E-state index contributed by atoms with van der Waals surface area (Å²) >= 11 is 4.88. The van der Waals surface area contributed by atoms with Gasteiger partial charge in [-0.15, -0.1) is 11.3 Å². The maximum Gasteiger partial charge on any atom is 0.268 e. The molecule has 3 aromatic rings. The Morgan fingerprint density at radius 2 is 2.25 bits per heavy atom. The Bertz CT molecular complexity index is 825. The van der Waals surface area contributed by atoms with E-state index in [4.69, 9.17) is 0 Å². The van der Waals surface area contributed by atoms with E-state index in [1.165, 1.54) is 11.3 Å². The number of hydrogen-bond acceptors (Lipinski definition) is 4. The van der Waals surface area contributed by atoms with E-state index >= 15 is 0 Å². The second-order valence-corrected chi connectivity index (χ2v) is 6.24. The summed E-state index contributed by atoms with van der Waals surface area (Å²) in [5.41, 5.74) is 2.83. The number of aromatic nitrogens is 2. The summed E-state index contributed by atoms with van der Waals surface area (Å²) in [6.07, 6.45) is 0. The molecule has 6 heteroatoms. The number of hydrogen-bond donors (Lipinski definition) is 2. The molecular formula is C14H12BrN3OS. The summed E-state index contributed by atoms with van der Waals surface area (Å²) in [7, 11) is 0. The average molecular weight is 350 g/mol. The van der Waals surface area contributed by atoms with Gasteiger partial charge in [0.05, 0.1) is 12.1 Å². The van der Waals surface area contributed by atoms with Crippen molar-refractivity contribution in [2.24, 2.45) is 0 Å². The number of nitrogens with one attached hydrogen (secondary N) is 2. The van der Waals surface area contributed by atoms with Crippen LogP contribution in [0.2, 0.25) is 0 Å². The number of thiophene rings is 1. The van der Waals surface area contributed by atoms with Crippen LogP contribution in [0.15, 0.2) is 38.9 Å². The van der Waals surface area contributed by atoms with Gasteiger partial charge in [0.1, 0.15) is 10.5 Å². The molecule has 0 aliphatic rings. The van der Waals surface area contributed by atoms with Crippen LogP contribution in [-0.4, -0.2) is 9.97 Å². The van der Waals surface area contributed by atoms with E-state index in [1.807, 2.05) is 36.6 Å². The molecule has 102 valence electrons. The molecule has 0 aliphatic carbocycles. The van der Waals surface area contributed by atoms with Crippen LogP contribution in [0.1, 0.15) is 11.4 Å². The van der Waals surface area contributed by atoms with Gasteiger partial charge in [-0.05, 0) is 42.1 Å². The van der Waals surface area contributed by atoms with E-state index in [9.17, 15) is 4.79 Å². The van der Waals surface area contributed by atoms with E-state index in [-0.39, 0.29) is 5.56 Å². The SMILES string of the molecule is Cc1cc(NCc2nc3ccsc3c(=O)[nH]2)ccc1Br. The Morgan fingerprint density at radius 1 is 1.40 bits per heavy atom. The molecule has 0 spiro atoms. The third kappa shape index (κ3) is 2.62. The number of benzene rings is 1. The quantitative estimate of drug-likeness (QED) is 0.758. The van der Waals surface area contributed by atoms with Crippen LogP contribution in [0.5, 0.6) is 0 Å². The number of fused-ring (bicyclic) bond motifs is 1. The van der Waals surface area contributed by atoms with Gasteiger partial charge in [-0.3, -0.25) is 4.79 Å². The highest BCUT2D eigenvalue weighted by Crippen LogP contribution is 2.20. The van der Waals surface area contributed by atoms with Gasteiger partial charge >= 0.3 is 0 Å². The standard InChI is InChI=1S/C14H12BrN3OS/c1-8-6-9(2-3-10(8)15)16-7-12-17-11-4-5-20-13(11)14(19)18-12/h2-6,16H,7H2,1H3,(H,17,18,19). The number of aromatic amines is 1. The number of H-pyrrole nitrogens is 1. The Hall–Kier alpha value is -1.66. The van der Waals surface area contributed by atoms with Crippen molar-refractivity contribution in [1.29, 1.82) is 0 Å². The molecule has 2 heterocycles. The van der Waals surface area contributed by atoms with Gasteiger partial charge in [-0.2, -0.15) is 0 Å². The molecule has 0 aliphatic heterocycles. The van der Waals surface area contributed by atoms with E-state index in [0.717, 1.165) is 21.2 Å². The van der Waals surface area contributed by atoms with Crippen molar-refractivity contribution in [3.8, 4) is 0 Å². The Balaban J connectivity index is 1.82. The highest BCUT2D eigenvalue weighted by Gasteiger charge is 2.05. The van der Waals surface area contributed by atoms with Crippen molar-refractivity contribution >= 4 is 43.2 Å². The van der Waals surface area contributed by atoms with Gasteiger partial charge in [-0.1, -0.05) is 15.9 Å². The lowest BCUT2D eigenvalue weighted by Gasteiger charge is -2.07. The van der Waals surface area contributed by atoms with Gasteiger partial charge in [-0.25, -0.2) is 4.98 Å². The van der Waals surface area contributed by atoms with Gasteiger partial charge in [0.25, 0.3) is 5.56 Å². The smallest absolute Gasteiger partial charge is 0.268 e. The molecule has 0 atom stereocenters. The van der Waals surface area contributed by atoms with Gasteiger partial charge in [0.15, 0.2) is 0 Å². The average Bonchev–Trinajstić information content (AvgIpc) is 2.89. The summed E-state index contributed by atoms with van der Waals surface area (Å²) in [5.74, 6) is 0.640. The summed E-state index contributed by atoms with van der Waals surface area (Å²) in [5, 5.41) is 5.14. The van der Waals surface area contributed by atoms with Gasteiger partial charge in [0, 0.05) is 10.2 Å². The van der Waals surface area contributed by atoms with E-state index < -0.39 is 0 Å². The van der Waals surface area contributed by atoms with Gasteiger partial charge in [0.2, 0.25) is 0 Å². The van der Waals surface area contributed by atoms with E-state index in [1.54, 1.807) is 0 Å². The molecule has 1 aromatic carbocycles. The Kier molecular flexibility index (Phi) is 3.58. The highest BCUT2D eigenvalue weighted by molar-refractivity contribution is 9.10. The maximum atomic E-state index is 11.9. The zero-order valence-electron chi connectivity index (χ0n) is 10.7. The van der Waals surface area contributed by atoms with Crippen LogP contribution in [0.25, 0.3) is 10.2 Å². The molecule has 0 saturated heterocycles. The molecule has 0 fully saturated rings. The van der Waals surface area contributed by atoms with Crippen molar-refractivity contribution in [3.63, 3.8) is 0 Å². The molecule has 20 heavy (non-hydrogen) atoms. The molecular weight excluding hydrogens is 338 g/mol. The number of halogens is 1. The summed E-state index contributed by atoms with van der Waals surface area (Å²) in [6.45, 7) is 2.52. The fourth-order valence-electron chi connectivity index (χ4n) is 1.95. The normalized spacial score (nSPS) is 10.9. The third-order valence-electron chi connectivity index (χ3n) is 2.98. The first-order valence-corrected chi connectivity index (χ1v) is 7.77. The molecule has 2 aromatic heterocycles. The number of anilines is 1. The third-order valence-corrected chi connectivity index (χ3v) is 4.77. The van der Waals surface area contributed by atoms with Crippen LogP contribution in [0.4, 0.5) is 5.69 Å². The van der Waals surface area contributed by atoms with Crippen LogP contribution in [-0.2, 0) is 6.54 Å². The number of rotatable bonds is 3. The van der Waals surface area contributed by atoms with Crippen molar-refractivity contribution in [2.45, 2.75) is 13.5 Å². The second-order valence-electron chi connectivity index (χ2n) is 4.47. The van der Waals surface area contributed by atoms with Crippen LogP contribution < -0.4 is 10.9 Å². The highest BCUT2D eigenvalue weighted by atomic mass is 79.9. The molecule has 0 saturated carbocycles. The predicted octanol–water partition coefficient (Wildman–Crippen LogP) is 3.67. The topological polar surface area (TPSA) is 57.8 Å². The van der Waals surface area contributed by atoms with E-state index in [2.05, 4.69) is 31.2 Å². The monoisotopic (exact) mass is 349 g/mol. The minimum absolute atomic E-state index is 0.0752. The van der Waals surface area contributed by atoms with Crippen molar-refractivity contribution in [3.05, 3.63) is 55.9 Å². The van der Waals surface area contributed by atoms with Crippen molar-refractivity contribution in [2.75, 3.05) is 5.32 Å². The fraction of sp³-hybridized carbons (Fsp3) is 0.143. The summed E-state index contributed by atoms with van der Waals surface area (Å²) in [6, 6.07) is 7.89. The number of nitrogens with zero attached hydrogens (tertiary/aromatic N) is 1. The lowest BCUT2D eigenvalue weighted by molar-refractivity contribution is 0.955. The summed E-state index contributed by atoms with van der Waals surface area (Å²) in [4.78, 5) is 19.1. The fourth-order valence-corrected chi connectivity index (χ4v) is 2.92. The van der Waals surface area contributed by atoms with Crippen LogP contribution in [0.3, 0.4) is 0 Å². The molecule has 2 N–H and O–H groups in total. The zero-order chi connectivity index (χ0) is 14.1. The molecule has 3 rings (SSSR count). The molecule has 0 bridgehead atoms. The molecule has 0 radical (unpaired) electrons. The zero-order valence-corrected chi connectivity index (χ0v) is 13.1. The Morgan fingerprint density at radius 3 is 3.05 bits per heavy atom. The maximum absolute atomic E-state index is 11.9. The minimum atomic E-state index is -0.0752. The molecule has 0 unspecified atom stereocenters. The first kappa shape index (κ1) is 13.3. The summed E-state index contributed by atoms with van der Waals surface area (Å²) < 4.78 is 1.75. The lowest BCUT2D eigenvalue weighted by atomic mass is 10.2. The lowest BCUT2D eigenvalue weighted by Crippen LogP contribution is -2.13. The first-order chi connectivity index (χ1) is 9.63. The molecule has 0 amide bonds. The molecule has 4 nitrogen and oxygen atoms in total. The minimum Gasteiger partial charge on any atom is -0.378 e. The predicted molar refractivity (Wildman–Crippen MR) is 86.4 cm³/mol. The van der Waals surface area contributed by atoms with Crippen LogP contribution >= 0.6 is 27.3 Å². The van der Waals surface area contributed by atoms with Crippen molar-refractivity contribution < 1.29 is 0 Å².